The minimum atomic E-state index is -2.46. The Balaban J connectivity index is 2.57. The van der Waals surface area contributed by atoms with Gasteiger partial charge in [-0.1, -0.05) is 17.7 Å². The summed E-state index contributed by atoms with van der Waals surface area (Å²) in [7, 11) is 0. The number of aromatic nitrogens is 1. The normalized spacial score (nSPS) is 13.1. The lowest BCUT2D eigenvalue weighted by atomic mass is 10.2. The Kier molecular flexibility index (Phi) is 2.25. The molecule has 1 heterocycles. The van der Waals surface area contributed by atoms with E-state index in [0.717, 1.165) is 5.56 Å². The highest BCUT2D eigenvalue weighted by molar-refractivity contribution is 5.35. The lowest BCUT2D eigenvalue weighted by molar-refractivity contribution is 0.281. The fourth-order valence-corrected chi connectivity index (χ4v) is 1.46. The number of nitrogens with zero attached hydrogens (tertiary/aromatic N) is 1. The van der Waals surface area contributed by atoms with Gasteiger partial charge in [0, 0.05) is 18.0 Å². The largest absolute Gasteiger partial charge is 0.392 e. The first-order valence-corrected chi connectivity index (χ1v) is 4.90. The summed E-state index contributed by atoms with van der Waals surface area (Å²) in [6.07, 6.45) is 1.31. The molecule has 0 amide bonds. The quantitative estimate of drug-likeness (QED) is 0.831. The third kappa shape index (κ3) is 2.04. The smallest absolute Gasteiger partial charge is 0.255 e. The summed E-state index contributed by atoms with van der Waals surface area (Å²) in [6.45, 7) is -0.518. The molecule has 0 radical (unpaired) electrons. The van der Waals surface area contributed by atoms with E-state index in [1.54, 1.807) is 12.1 Å². The molecule has 3 nitrogen and oxygen atoms in total. The molecule has 0 aliphatic rings. The Hall–Kier alpha value is -1.87. The van der Waals surface area contributed by atoms with Gasteiger partial charge in [0.2, 0.25) is 0 Å². The van der Waals surface area contributed by atoms with Crippen LogP contribution in [0.15, 0.2) is 47.4 Å². The first kappa shape index (κ1) is 8.30. The Labute approximate surface area is 96.4 Å². The van der Waals surface area contributed by atoms with Crippen LogP contribution in [0.1, 0.15) is 13.9 Å². The van der Waals surface area contributed by atoms with E-state index in [0.29, 0.717) is 5.69 Å². The van der Waals surface area contributed by atoms with E-state index in [1.807, 2.05) is 19.1 Å². The molecule has 0 spiro atoms. The summed E-state index contributed by atoms with van der Waals surface area (Å²) < 4.78 is 15.8. The van der Waals surface area contributed by atoms with E-state index in [2.05, 4.69) is 0 Å². The van der Waals surface area contributed by atoms with Crippen LogP contribution in [0, 0.1) is 6.92 Å². The van der Waals surface area contributed by atoms with E-state index in [4.69, 9.17) is 2.74 Å². The van der Waals surface area contributed by atoms with Crippen molar-refractivity contribution < 1.29 is 7.85 Å². The van der Waals surface area contributed by atoms with Gasteiger partial charge in [0.25, 0.3) is 5.56 Å². The van der Waals surface area contributed by atoms with Crippen molar-refractivity contribution >= 4 is 0 Å². The molecule has 2 aromatic rings. The molecule has 0 aliphatic carbocycles. The molecular formula is C13H13NO2. The van der Waals surface area contributed by atoms with Gasteiger partial charge in [-0.25, -0.2) is 0 Å². The summed E-state index contributed by atoms with van der Waals surface area (Å²) in [4.78, 5) is 11.7. The summed E-state index contributed by atoms with van der Waals surface area (Å²) in [5, 5.41) is 9.31. The maximum Gasteiger partial charge on any atom is 0.255 e. The van der Waals surface area contributed by atoms with Crippen LogP contribution in [0.4, 0.5) is 0 Å². The Morgan fingerprint density at radius 3 is 2.56 bits per heavy atom. The second-order valence-electron chi connectivity index (χ2n) is 3.57. The van der Waals surface area contributed by atoms with Crippen LogP contribution in [0.5, 0.6) is 0 Å². The molecule has 2 rings (SSSR count). The second-order valence-corrected chi connectivity index (χ2v) is 3.57. The van der Waals surface area contributed by atoms with E-state index >= 15 is 0 Å². The van der Waals surface area contributed by atoms with Crippen LogP contribution in [-0.2, 0) is 6.56 Å². The third-order valence-electron chi connectivity index (χ3n) is 2.35. The predicted molar refractivity (Wildman–Crippen MR) is 62.7 cm³/mol. The van der Waals surface area contributed by atoms with Crippen molar-refractivity contribution in [3.63, 3.8) is 0 Å². The molecule has 3 heteroatoms. The lowest BCUT2D eigenvalue weighted by Gasteiger charge is -2.07. The first-order valence-electron chi connectivity index (χ1n) is 5.90. The van der Waals surface area contributed by atoms with Crippen LogP contribution in [0.25, 0.3) is 5.69 Å². The van der Waals surface area contributed by atoms with Crippen molar-refractivity contribution in [1.29, 1.82) is 0 Å². The number of pyridine rings is 1. The number of aliphatic hydroxyl groups is 1. The summed E-state index contributed by atoms with van der Waals surface area (Å²) >= 11 is 0. The lowest BCUT2D eigenvalue weighted by Crippen LogP contribution is -2.17. The van der Waals surface area contributed by atoms with Crippen LogP contribution in [0.3, 0.4) is 0 Å². The highest BCUT2D eigenvalue weighted by Gasteiger charge is 2.00. The van der Waals surface area contributed by atoms with Crippen molar-refractivity contribution in [1.82, 2.24) is 4.57 Å². The van der Waals surface area contributed by atoms with Crippen molar-refractivity contribution in [3.8, 4) is 5.69 Å². The maximum absolute atomic E-state index is 11.7. The Morgan fingerprint density at radius 1 is 1.25 bits per heavy atom. The number of rotatable bonds is 2. The maximum atomic E-state index is 11.7. The standard InChI is InChI=1S/C13H13NO2/c1-10-2-5-12(6-3-10)14-8-11(9-15)4-7-13(14)16/h2-8,15H,9H2,1H3/i9D2. The molecule has 0 unspecified atom stereocenters. The summed E-state index contributed by atoms with van der Waals surface area (Å²) in [5.41, 5.74) is 1.48. The average Bonchev–Trinajstić information content (AvgIpc) is 2.29. The number of hydrogen-bond acceptors (Lipinski definition) is 2. The third-order valence-corrected chi connectivity index (χ3v) is 2.35. The minimum absolute atomic E-state index is 0.0441. The van der Waals surface area contributed by atoms with Crippen LogP contribution in [0.2, 0.25) is 0 Å². The Morgan fingerprint density at radius 2 is 1.94 bits per heavy atom. The molecule has 1 aromatic heterocycles. The first-order chi connectivity index (χ1) is 8.38. The van der Waals surface area contributed by atoms with Gasteiger partial charge in [-0.15, -0.1) is 0 Å². The van der Waals surface area contributed by atoms with Crippen molar-refractivity contribution in [2.75, 3.05) is 0 Å². The van der Waals surface area contributed by atoms with Gasteiger partial charge in [0.05, 0.1) is 9.30 Å². The highest BCUT2D eigenvalue weighted by atomic mass is 16.3. The van der Waals surface area contributed by atoms with Crippen LogP contribution in [-0.4, -0.2) is 9.67 Å². The number of hydrogen-bond donors (Lipinski definition) is 1. The van der Waals surface area contributed by atoms with Crippen LogP contribution >= 0.6 is 0 Å². The predicted octanol–water partition coefficient (Wildman–Crippen LogP) is 1.64. The van der Waals surface area contributed by atoms with Gasteiger partial charge in [-0.05, 0) is 30.7 Å². The molecule has 0 saturated heterocycles. The second kappa shape index (κ2) is 4.33. The Bertz CT molecular complexity index is 612. The number of aryl methyl sites for hydroxylation is 1. The van der Waals surface area contributed by atoms with Crippen molar-refractivity contribution in [2.45, 2.75) is 13.5 Å². The van der Waals surface area contributed by atoms with E-state index < -0.39 is 6.56 Å². The fraction of sp³-hybridized carbons (Fsp3) is 0.154. The number of benzene rings is 1. The van der Waals surface area contributed by atoms with Gasteiger partial charge in [-0.3, -0.25) is 9.36 Å². The van der Waals surface area contributed by atoms with Gasteiger partial charge in [-0.2, -0.15) is 0 Å². The summed E-state index contributed by atoms with van der Waals surface area (Å²) in [5.74, 6) is 0. The molecule has 1 aromatic carbocycles. The average molecular weight is 217 g/mol. The topological polar surface area (TPSA) is 42.2 Å². The monoisotopic (exact) mass is 217 g/mol. The molecule has 1 N–H and O–H groups in total. The van der Waals surface area contributed by atoms with E-state index in [-0.39, 0.29) is 11.1 Å². The molecule has 16 heavy (non-hydrogen) atoms. The van der Waals surface area contributed by atoms with Gasteiger partial charge in [0.15, 0.2) is 0 Å². The fourth-order valence-electron chi connectivity index (χ4n) is 1.46. The molecule has 0 saturated carbocycles. The zero-order chi connectivity index (χ0) is 13.3. The highest BCUT2D eigenvalue weighted by Crippen LogP contribution is 2.08. The zero-order valence-electron chi connectivity index (χ0n) is 10.8. The van der Waals surface area contributed by atoms with Gasteiger partial charge < -0.3 is 5.11 Å². The van der Waals surface area contributed by atoms with E-state index in [9.17, 15) is 9.90 Å². The SMILES string of the molecule is [2H]C([2H])(O)c1ccc(=O)n(-c2ccc(C)cc2)c1. The molecular weight excluding hydrogens is 202 g/mol. The van der Waals surface area contributed by atoms with Gasteiger partial charge >= 0.3 is 0 Å². The molecule has 0 bridgehead atoms. The summed E-state index contributed by atoms with van der Waals surface area (Å²) in [6, 6.07) is 9.79. The molecule has 0 fully saturated rings. The molecule has 82 valence electrons. The van der Waals surface area contributed by atoms with Crippen molar-refractivity contribution in [3.05, 3.63) is 64.1 Å². The van der Waals surface area contributed by atoms with Crippen molar-refractivity contribution in [2.24, 2.45) is 0 Å². The molecule has 0 atom stereocenters. The van der Waals surface area contributed by atoms with Crippen LogP contribution < -0.4 is 5.56 Å². The zero-order valence-corrected chi connectivity index (χ0v) is 8.84. The minimum Gasteiger partial charge on any atom is -0.392 e. The van der Waals surface area contributed by atoms with E-state index in [1.165, 1.54) is 22.9 Å². The van der Waals surface area contributed by atoms with Gasteiger partial charge in [0.1, 0.15) is 0 Å². The molecule has 0 aliphatic heterocycles.